The monoisotopic (exact) mass is 420 g/mol. The van der Waals surface area contributed by atoms with Gasteiger partial charge in [0, 0.05) is 24.6 Å². The molecule has 0 aliphatic carbocycles. The first-order chi connectivity index (χ1) is 15.0. The normalized spacial score (nSPS) is 16.2. The van der Waals surface area contributed by atoms with E-state index in [9.17, 15) is 15.0 Å². The first-order valence-electron chi connectivity index (χ1n) is 10.1. The zero-order chi connectivity index (χ0) is 22.0. The highest BCUT2D eigenvalue weighted by Gasteiger charge is 2.26. The number of carboxylic acids is 1. The molecule has 4 rings (SSSR count). The number of nitrogens with zero attached hydrogens (tertiary/aromatic N) is 3. The molecule has 1 aliphatic heterocycles. The number of hydrogen-bond acceptors (Lipinski definition) is 7. The number of phenols is 1. The van der Waals surface area contributed by atoms with Crippen LogP contribution in [0.4, 0.5) is 11.5 Å². The standard InChI is InChI=1S/C23H24N4O4/c1-31-21-11-14(23(29)30)8-9-16(21)15-5-4-10-27(13-15)19-12-18(25-26-22(19)24)17-6-2-3-7-20(17)28/h2-3,6-9,11-12,15,28H,4-5,10,13H2,1H3,(H2,24,26)(H,29,30). The molecule has 8 nitrogen and oxygen atoms in total. The smallest absolute Gasteiger partial charge is 0.335 e. The molecule has 1 aromatic heterocycles. The van der Waals surface area contributed by atoms with E-state index in [1.807, 2.05) is 18.2 Å². The van der Waals surface area contributed by atoms with Gasteiger partial charge >= 0.3 is 5.97 Å². The van der Waals surface area contributed by atoms with Gasteiger partial charge in [-0.2, -0.15) is 0 Å². The van der Waals surface area contributed by atoms with Gasteiger partial charge in [0.15, 0.2) is 5.82 Å². The SMILES string of the molecule is COc1cc(C(=O)O)ccc1C1CCCN(c2cc(-c3ccccc3O)nnc2N)C1. The Morgan fingerprint density at radius 2 is 2.00 bits per heavy atom. The number of methoxy groups -OCH3 is 1. The second kappa shape index (κ2) is 8.51. The summed E-state index contributed by atoms with van der Waals surface area (Å²) in [7, 11) is 1.55. The zero-order valence-electron chi connectivity index (χ0n) is 17.2. The lowest BCUT2D eigenvalue weighted by atomic mass is 9.89. The van der Waals surface area contributed by atoms with Crippen LogP contribution in [0, 0.1) is 0 Å². The Balaban J connectivity index is 1.64. The molecule has 1 atom stereocenters. The van der Waals surface area contributed by atoms with Crippen molar-refractivity contribution in [3.05, 3.63) is 59.7 Å². The number of nitrogen functional groups attached to an aromatic ring is 1. The molecule has 0 amide bonds. The number of carboxylic acid groups (broad SMARTS) is 1. The van der Waals surface area contributed by atoms with Gasteiger partial charge in [0.1, 0.15) is 11.5 Å². The maximum absolute atomic E-state index is 11.3. The van der Waals surface area contributed by atoms with E-state index >= 15 is 0 Å². The number of anilines is 2. The van der Waals surface area contributed by atoms with Crippen molar-refractivity contribution in [3.8, 4) is 22.8 Å². The predicted octanol–water partition coefficient (Wildman–Crippen LogP) is 3.52. The van der Waals surface area contributed by atoms with Crippen LogP contribution in [0.25, 0.3) is 11.3 Å². The molecule has 0 bridgehead atoms. The topological polar surface area (TPSA) is 122 Å². The van der Waals surface area contributed by atoms with Crippen LogP contribution in [0.5, 0.6) is 11.5 Å². The summed E-state index contributed by atoms with van der Waals surface area (Å²) in [4.78, 5) is 13.5. The molecular formula is C23H24N4O4. The molecule has 160 valence electrons. The van der Waals surface area contributed by atoms with E-state index in [1.165, 1.54) is 0 Å². The quantitative estimate of drug-likeness (QED) is 0.573. The Bertz CT molecular complexity index is 1120. The van der Waals surface area contributed by atoms with Crippen molar-refractivity contribution in [2.24, 2.45) is 0 Å². The average molecular weight is 420 g/mol. The average Bonchev–Trinajstić information content (AvgIpc) is 2.79. The molecule has 1 fully saturated rings. The molecule has 8 heteroatoms. The summed E-state index contributed by atoms with van der Waals surface area (Å²) in [6.07, 6.45) is 1.88. The minimum Gasteiger partial charge on any atom is -0.507 e. The molecular weight excluding hydrogens is 396 g/mol. The van der Waals surface area contributed by atoms with E-state index in [1.54, 1.807) is 37.4 Å². The van der Waals surface area contributed by atoms with Crippen LogP contribution in [0.15, 0.2) is 48.5 Å². The fourth-order valence-electron chi connectivity index (χ4n) is 4.10. The number of carbonyl (C=O) groups is 1. The third-order valence-corrected chi connectivity index (χ3v) is 5.66. The van der Waals surface area contributed by atoms with Crippen molar-refractivity contribution in [1.82, 2.24) is 10.2 Å². The summed E-state index contributed by atoms with van der Waals surface area (Å²) in [6.45, 7) is 1.49. The number of hydrogen-bond donors (Lipinski definition) is 3. The van der Waals surface area contributed by atoms with Crippen LogP contribution in [-0.2, 0) is 0 Å². The largest absolute Gasteiger partial charge is 0.507 e. The Kier molecular flexibility index (Phi) is 5.62. The maximum atomic E-state index is 11.3. The molecule has 31 heavy (non-hydrogen) atoms. The van der Waals surface area contributed by atoms with Crippen molar-refractivity contribution >= 4 is 17.5 Å². The van der Waals surface area contributed by atoms with E-state index in [2.05, 4.69) is 15.1 Å². The molecule has 0 spiro atoms. The van der Waals surface area contributed by atoms with Crippen LogP contribution in [-0.4, -0.2) is 46.6 Å². The molecule has 2 heterocycles. The number of rotatable bonds is 5. The third kappa shape index (κ3) is 4.09. The second-order valence-corrected chi connectivity index (χ2v) is 7.56. The van der Waals surface area contributed by atoms with Gasteiger partial charge in [-0.15, -0.1) is 10.2 Å². The number of benzene rings is 2. The number of aromatic nitrogens is 2. The van der Waals surface area contributed by atoms with Gasteiger partial charge in [-0.3, -0.25) is 0 Å². The van der Waals surface area contributed by atoms with Crippen LogP contribution in [0.1, 0.15) is 34.7 Å². The highest BCUT2D eigenvalue weighted by molar-refractivity contribution is 5.88. The lowest BCUT2D eigenvalue weighted by Crippen LogP contribution is -2.35. The molecule has 4 N–H and O–H groups in total. The van der Waals surface area contributed by atoms with E-state index < -0.39 is 5.97 Å². The summed E-state index contributed by atoms with van der Waals surface area (Å²) in [5.41, 5.74) is 9.24. The number of para-hydroxylation sites is 1. The first-order valence-corrected chi connectivity index (χ1v) is 10.1. The van der Waals surface area contributed by atoms with Gasteiger partial charge in [-0.1, -0.05) is 18.2 Å². The van der Waals surface area contributed by atoms with Crippen LogP contribution in [0.3, 0.4) is 0 Å². The minimum absolute atomic E-state index is 0.132. The number of piperidine rings is 1. The second-order valence-electron chi connectivity index (χ2n) is 7.56. The van der Waals surface area contributed by atoms with Crippen molar-refractivity contribution in [1.29, 1.82) is 0 Å². The zero-order valence-corrected chi connectivity index (χ0v) is 17.2. The Labute approximate surface area is 179 Å². The van der Waals surface area contributed by atoms with Gasteiger partial charge in [0.25, 0.3) is 0 Å². The molecule has 2 aromatic carbocycles. The summed E-state index contributed by atoms with van der Waals surface area (Å²) in [5.74, 6) is 0.193. The van der Waals surface area contributed by atoms with Gasteiger partial charge in [0.2, 0.25) is 0 Å². The molecule has 3 aromatic rings. The molecule has 1 unspecified atom stereocenters. The van der Waals surface area contributed by atoms with Crippen molar-refractivity contribution < 1.29 is 19.7 Å². The fraction of sp³-hybridized carbons (Fsp3) is 0.261. The molecule has 0 saturated carbocycles. The Hall–Kier alpha value is -3.81. The highest BCUT2D eigenvalue weighted by atomic mass is 16.5. The van der Waals surface area contributed by atoms with E-state index in [-0.39, 0.29) is 17.2 Å². The van der Waals surface area contributed by atoms with E-state index in [4.69, 9.17) is 10.5 Å². The first kappa shape index (κ1) is 20.5. The minimum atomic E-state index is -0.984. The lowest BCUT2D eigenvalue weighted by Gasteiger charge is -2.35. The summed E-state index contributed by atoms with van der Waals surface area (Å²) in [6, 6.07) is 13.8. The van der Waals surface area contributed by atoms with Gasteiger partial charge in [-0.05, 0) is 48.7 Å². The van der Waals surface area contributed by atoms with Crippen LogP contribution >= 0.6 is 0 Å². The number of aromatic carboxylic acids is 1. The molecule has 0 radical (unpaired) electrons. The Morgan fingerprint density at radius 3 is 2.74 bits per heavy atom. The van der Waals surface area contributed by atoms with Gasteiger partial charge < -0.3 is 25.6 Å². The van der Waals surface area contributed by atoms with Crippen molar-refractivity contribution in [2.45, 2.75) is 18.8 Å². The summed E-state index contributed by atoms with van der Waals surface area (Å²) < 4.78 is 5.49. The van der Waals surface area contributed by atoms with Crippen molar-refractivity contribution in [3.63, 3.8) is 0 Å². The van der Waals surface area contributed by atoms with E-state index in [0.717, 1.165) is 30.6 Å². The molecule has 1 aliphatic rings. The summed E-state index contributed by atoms with van der Waals surface area (Å²) in [5, 5.41) is 27.7. The summed E-state index contributed by atoms with van der Waals surface area (Å²) >= 11 is 0. The van der Waals surface area contributed by atoms with E-state index in [0.29, 0.717) is 29.4 Å². The number of aromatic hydroxyl groups is 1. The fourth-order valence-corrected chi connectivity index (χ4v) is 4.10. The lowest BCUT2D eigenvalue weighted by molar-refractivity contribution is 0.0696. The van der Waals surface area contributed by atoms with Crippen LogP contribution < -0.4 is 15.4 Å². The van der Waals surface area contributed by atoms with Crippen LogP contribution in [0.2, 0.25) is 0 Å². The highest BCUT2D eigenvalue weighted by Crippen LogP contribution is 2.38. The predicted molar refractivity (Wildman–Crippen MR) is 118 cm³/mol. The Morgan fingerprint density at radius 1 is 1.19 bits per heavy atom. The van der Waals surface area contributed by atoms with Gasteiger partial charge in [0.05, 0.1) is 24.1 Å². The van der Waals surface area contributed by atoms with Crippen molar-refractivity contribution in [2.75, 3.05) is 30.8 Å². The number of phenolic OH excluding ortho intramolecular Hbond substituents is 1. The number of nitrogens with two attached hydrogens (primary N) is 1. The number of ether oxygens (including phenoxy) is 1. The maximum Gasteiger partial charge on any atom is 0.335 e. The third-order valence-electron chi connectivity index (χ3n) is 5.66. The molecule has 1 saturated heterocycles. The van der Waals surface area contributed by atoms with Gasteiger partial charge in [-0.25, -0.2) is 4.79 Å².